The van der Waals surface area contributed by atoms with Crippen LogP contribution in [0.2, 0.25) is 0 Å². The highest BCUT2D eigenvalue weighted by Crippen LogP contribution is 2.32. The lowest BCUT2D eigenvalue weighted by molar-refractivity contribution is -0.129. The lowest BCUT2D eigenvalue weighted by Gasteiger charge is -2.31. The number of carbonyl (C=O) groups excluding carboxylic acids is 1. The molecule has 0 radical (unpaired) electrons. The zero-order valence-corrected chi connectivity index (χ0v) is 14.0. The van der Waals surface area contributed by atoms with Crippen LogP contribution in [0.5, 0.6) is 0 Å². The van der Waals surface area contributed by atoms with Gasteiger partial charge in [0.05, 0.1) is 16.6 Å². The Morgan fingerprint density at radius 3 is 2.43 bits per heavy atom. The summed E-state index contributed by atoms with van der Waals surface area (Å²) >= 11 is 5.19. The van der Waals surface area contributed by atoms with E-state index in [-0.39, 0.29) is 16.9 Å². The molecule has 3 N–H and O–H groups in total. The van der Waals surface area contributed by atoms with Gasteiger partial charge in [0.15, 0.2) is 0 Å². The maximum absolute atomic E-state index is 12.7. The van der Waals surface area contributed by atoms with E-state index in [2.05, 4.69) is 10.3 Å². The summed E-state index contributed by atoms with van der Waals surface area (Å²) < 4.78 is 5.45. The molecule has 1 unspecified atom stereocenters. The van der Waals surface area contributed by atoms with E-state index in [0.717, 1.165) is 12.8 Å². The van der Waals surface area contributed by atoms with Crippen molar-refractivity contribution in [2.24, 2.45) is 11.1 Å². The highest BCUT2D eigenvalue weighted by molar-refractivity contribution is 7.80. The molecule has 0 aliphatic rings. The van der Waals surface area contributed by atoms with Crippen LogP contribution in [0.3, 0.4) is 0 Å². The average Bonchev–Trinajstić information content (AvgIpc) is 2.84. The van der Waals surface area contributed by atoms with Crippen LogP contribution in [0, 0.1) is 12.3 Å². The average molecular weight is 311 g/mol. The minimum absolute atomic E-state index is 0.137. The lowest BCUT2D eigenvalue weighted by Crippen LogP contribution is -2.49. The van der Waals surface area contributed by atoms with Crippen LogP contribution in [0.4, 0.5) is 0 Å². The molecular weight excluding hydrogens is 286 g/mol. The number of aromatic nitrogens is 1. The van der Waals surface area contributed by atoms with Crippen LogP contribution in [-0.4, -0.2) is 15.9 Å². The Morgan fingerprint density at radius 2 is 2.05 bits per heavy atom. The van der Waals surface area contributed by atoms with Crippen LogP contribution in [-0.2, 0) is 4.79 Å². The monoisotopic (exact) mass is 311 g/mol. The highest BCUT2D eigenvalue weighted by Gasteiger charge is 2.40. The lowest BCUT2D eigenvalue weighted by atomic mass is 9.78. The molecule has 0 saturated heterocycles. The van der Waals surface area contributed by atoms with Crippen molar-refractivity contribution in [2.75, 3.05) is 0 Å². The van der Waals surface area contributed by atoms with Gasteiger partial charge in [0, 0.05) is 0 Å². The molecular formula is C15H25N3O2S. The molecule has 21 heavy (non-hydrogen) atoms. The van der Waals surface area contributed by atoms with Gasteiger partial charge < -0.3 is 15.5 Å². The van der Waals surface area contributed by atoms with Gasteiger partial charge in [-0.05, 0) is 26.7 Å². The normalized spacial score (nSPS) is 13.0. The van der Waals surface area contributed by atoms with E-state index in [9.17, 15) is 4.79 Å². The second-order valence-electron chi connectivity index (χ2n) is 5.45. The summed E-state index contributed by atoms with van der Waals surface area (Å²) in [4.78, 5) is 17.1. The number of rotatable bonds is 8. The van der Waals surface area contributed by atoms with E-state index in [1.807, 2.05) is 27.7 Å². The summed E-state index contributed by atoms with van der Waals surface area (Å²) in [5.74, 6) is 1.07. The first-order valence-corrected chi connectivity index (χ1v) is 7.81. The Balaban J connectivity index is 2.92. The Hall–Kier alpha value is -1.43. The standard InChI is InChI=1S/C15H25N3O2S/c1-5-7-15(8-6-2,13(16)21)14(19)18-11(4)12-17-9-10(3)20-12/h9,11H,5-8H2,1-4H3,(H2,16,21)(H,18,19). The highest BCUT2D eigenvalue weighted by atomic mass is 32.1. The van der Waals surface area contributed by atoms with Crippen molar-refractivity contribution in [1.82, 2.24) is 10.3 Å². The molecule has 0 aliphatic carbocycles. The smallest absolute Gasteiger partial charge is 0.233 e. The van der Waals surface area contributed by atoms with E-state index in [1.54, 1.807) is 6.20 Å². The molecule has 6 heteroatoms. The minimum Gasteiger partial charge on any atom is -0.444 e. The SMILES string of the molecule is CCCC(CCC)(C(=O)NC(C)c1ncc(C)o1)C(N)=S. The van der Waals surface area contributed by atoms with Gasteiger partial charge in [-0.2, -0.15) is 0 Å². The molecule has 1 rings (SSSR count). The fourth-order valence-electron chi connectivity index (χ4n) is 2.53. The number of nitrogens with zero attached hydrogens (tertiary/aromatic N) is 1. The van der Waals surface area contributed by atoms with Crippen LogP contribution in [0.15, 0.2) is 10.6 Å². The number of oxazole rings is 1. The van der Waals surface area contributed by atoms with E-state index in [1.165, 1.54) is 0 Å². The quantitative estimate of drug-likeness (QED) is 0.721. The first-order valence-electron chi connectivity index (χ1n) is 7.40. The predicted molar refractivity (Wildman–Crippen MR) is 86.8 cm³/mol. The summed E-state index contributed by atoms with van der Waals surface area (Å²) in [6.45, 7) is 7.71. The zero-order valence-electron chi connectivity index (χ0n) is 13.2. The van der Waals surface area contributed by atoms with Gasteiger partial charge in [-0.15, -0.1) is 0 Å². The van der Waals surface area contributed by atoms with Gasteiger partial charge in [0.25, 0.3) is 0 Å². The van der Waals surface area contributed by atoms with Crippen LogP contribution in [0.1, 0.15) is 64.1 Å². The van der Waals surface area contributed by atoms with E-state index in [0.29, 0.717) is 24.5 Å². The second-order valence-corrected chi connectivity index (χ2v) is 5.89. The van der Waals surface area contributed by atoms with Crippen molar-refractivity contribution in [3.8, 4) is 0 Å². The number of hydrogen-bond donors (Lipinski definition) is 2. The predicted octanol–water partition coefficient (Wildman–Crippen LogP) is 3.03. The van der Waals surface area contributed by atoms with Crippen molar-refractivity contribution >= 4 is 23.1 Å². The van der Waals surface area contributed by atoms with Gasteiger partial charge in [0.1, 0.15) is 11.8 Å². The van der Waals surface area contributed by atoms with Crippen molar-refractivity contribution in [1.29, 1.82) is 0 Å². The van der Waals surface area contributed by atoms with E-state index < -0.39 is 5.41 Å². The van der Waals surface area contributed by atoms with Crippen LogP contribution < -0.4 is 11.1 Å². The third-order valence-corrected chi connectivity index (χ3v) is 4.01. The number of hydrogen-bond acceptors (Lipinski definition) is 4. The molecule has 1 amide bonds. The number of thiocarbonyl (C=S) groups is 1. The number of carbonyl (C=O) groups is 1. The summed E-state index contributed by atoms with van der Waals surface area (Å²) in [7, 11) is 0. The molecule has 0 saturated carbocycles. The maximum Gasteiger partial charge on any atom is 0.233 e. The molecule has 1 aromatic rings. The van der Waals surface area contributed by atoms with Gasteiger partial charge in [-0.3, -0.25) is 4.79 Å². The van der Waals surface area contributed by atoms with Gasteiger partial charge in [0.2, 0.25) is 11.8 Å². The zero-order chi connectivity index (χ0) is 16.0. The van der Waals surface area contributed by atoms with Gasteiger partial charge in [-0.1, -0.05) is 38.9 Å². The molecule has 118 valence electrons. The summed E-state index contributed by atoms with van der Waals surface area (Å²) in [6.07, 6.45) is 4.63. The van der Waals surface area contributed by atoms with Crippen molar-refractivity contribution in [2.45, 2.75) is 59.4 Å². The maximum atomic E-state index is 12.7. The molecule has 0 aromatic carbocycles. The number of amides is 1. The topological polar surface area (TPSA) is 81.2 Å². The van der Waals surface area contributed by atoms with Crippen molar-refractivity contribution in [3.63, 3.8) is 0 Å². The molecule has 0 spiro atoms. The molecule has 0 fully saturated rings. The summed E-state index contributed by atoms with van der Waals surface area (Å²) in [5.41, 5.74) is 5.11. The first-order chi connectivity index (χ1) is 9.87. The fraction of sp³-hybridized carbons (Fsp3) is 0.667. The number of nitrogens with one attached hydrogen (secondary N) is 1. The molecule has 0 bridgehead atoms. The Labute approximate surface area is 131 Å². The Bertz CT molecular complexity index is 493. The molecule has 1 heterocycles. The molecule has 1 atom stereocenters. The van der Waals surface area contributed by atoms with Gasteiger partial charge in [-0.25, -0.2) is 4.98 Å². The Morgan fingerprint density at radius 1 is 1.48 bits per heavy atom. The Kier molecular flexibility index (Phi) is 6.33. The summed E-state index contributed by atoms with van der Waals surface area (Å²) in [6, 6.07) is -0.311. The van der Waals surface area contributed by atoms with Crippen molar-refractivity contribution in [3.05, 3.63) is 17.8 Å². The number of nitrogens with two attached hydrogens (primary N) is 1. The number of aryl methyl sites for hydroxylation is 1. The molecule has 0 aliphatic heterocycles. The largest absolute Gasteiger partial charge is 0.444 e. The first kappa shape index (κ1) is 17.6. The molecule has 5 nitrogen and oxygen atoms in total. The van der Waals surface area contributed by atoms with Gasteiger partial charge >= 0.3 is 0 Å². The second kappa shape index (κ2) is 7.54. The van der Waals surface area contributed by atoms with Crippen molar-refractivity contribution < 1.29 is 9.21 Å². The third kappa shape index (κ3) is 4.03. The van der Waals surface area contributed by atoms with E-state index in [4.69, 9.17) is 22.4 Å². The minimum atomic E-state index is -0.783. The van der Waals surface area contributed by atoms with E-state index >= 15 is 0 Å². The molecule has 1 aromatic heterocycles. The summed E-state index contributed by atoms with van der Waals surface area (Å²) in [5, 5.41) is 2.94. The van der Waals surface area contributed by atoms with Crippen LogP contribution in [0.25, 0.3) is 0 Å². The van der Waals surface area contributed by atoms with Crippen LogP contribution >= 0.6 is 12.2 Å². The third-order valence-electron chi connectivity index (χ3n) is 3.62. The fourth-order valence-corrected chi connectivity index (χ4v) is 2.83.